The van der Waals surface area contributed by atoms with Gasteiger partial charge in [-0.3, -0.25) is 4.90 Å². The molecule has 3 nitrogen and oxygen atoms in total. The molecule has 1 aliphatic carbocycles. The number of hydrogen-bond donors (Lipinski definition) is 2. The Bertz CT molecular complexity index is 654. The minimum Gasteiger partial charge on any atom is -0.360 e. The minimum absolute atomic E-state index is 0.520. The number of thiocarbonyl (C=S) groups is 1. The first-order chi connectivity index (χ1) is 13.1. The average molecular weight is 386 g/mol. The molecule has 0 spiro atoms. The van der Waals surface area contributed by atoms with Crippen LogP contribution >= 0.6 is 12.2 Å². The molecule has 0 radical (unpaired) electrons. The van der Waals surface area contributed by atoms with Gasteiger partial charge in [-0.2, -0.15) is 0 Å². The summed E-state index contributed by atoms with van der Waals surface area (Å²) in [6.45, 7) is 4.30. The Morgan fingerprint density at radius 3 is 2.22 bits per heavy atom. The molecule has 1 saturated carbocycles. The van der Waals surface area contributed by atoms with Crippen molar-refractivity contribution in [1.82, 2.24) is 10.2 Å². The van der Waals surface area contributed by atoms with Gasteiger partial charge in [0.05, 0.1) is 0 Å². The van der Waals surface area contributed by atoms with Crippen LogP contribution in [0.3, 0.4) is 0 Å². The zero-order valence-electron chi connectivity index (χ0n) is 17.0. The van der Waals surface area contributed by atoms with Crippen LogP contribution in [0.2, 0.25) is 0 Å². The van der Waals surface area contributed by atoms with Crippen molar-refractivity contribution in [1.29, 1.82) is 0 Å². The molecule has 27 heavy (non-hydrogen) atoms. The van der Waals surface area contributed by atoms with Crippen LogP contribution in [0.15, 0.2) is 18.2 Å². The number of hydrogen-bond acceptors (Lipinski definition) is 2. The third-order valence-corrected chi connectivity index (χ3v) is 7.35. The van der Waals surface area contributed by atoms with Crippen molar-refractivity contribution in [2.24, 2.45) is 0 Å². The van der Waals surface area contributed by atoms with E-state index < -0.39 is 0 Å². The lowest BCUT2D eigenvalue weighted by atomic mass is 9.78. The SMILES string of the molecule is Cc1ccc(NC(=S)NC2C[C@H]3CCC[C@@H](C2)N3C2CCCCC2)cc1C. The van der Waals surface area contributed by atoms with Gasteiger partial charge < -0.3 is 10.6 Å². The zero-order valence-corrected chi connectivity index (χ0v) is 17.8. The first-order valence-electron chi connectivity index (χ1n) is 11.0. The number of fused-ring (bicyclic) bond motifs is 2. The monoisotopic (exact) mass is 385 g/mol. The Balaban J connectivity index is 1.35. The maximum atomic E-state index is 5.64. The Morgan fingerprint density at radius 1 is 0.889 bits per heavy atom. The Labute approximate surface area is 170 Å². The summed E-state index contributed by atoms with van der Waals surface area (Å²) in [5.74, 6) is 0. The molecular formula is C23H35N3S. The van der Waals surface area contributed by atoms with Crippen molar-refractivity contribution < 1.29 is 0 Å². The molecule has 2 aliphatic heterocycles. The topological polar surface area (TPSA) is 27.3 Å². The van der Waals surface area contributed by atoms with Crippen molar-refractivity contribution in [2.45, 2.75) is 102 Å². The summed E-state index contributed by atoms with van der Waals surface area (Å²) in [6, 6.07) is 9.38. The maximum Gasteiger partial charge on any atom is 0.170 e. The second-order valence-electron chi connectivity index (χ2n) is 9.04. The molecule has 4 rings (SSSR count). The molecule has 2 heterocycles. The molecule has 3 aliphatic rings. The van der Waals surface area contributed by atoms with Crippen molar-refractivity contribution >= 4 is 23.0 Å². The molecule has 0 amide bonds. The smallest absolute Gasteiger partial charge is 0.170 e. The third-order valence-electron chi connectivity index (χ3n) is 7.13. The van der Waals surface area contributed by atoms with Crippen LogP contribution in [0.4, 0.5) is 5.69 Å². The van der Waals surface area contributed by atoms with Crippen LogP contribution in [-0.4, -0.2) is 34.2 Å². The first-order valence-corrected chi connectivity index (χ1v) is 11.4. The molecule has 4 heteroatoms. The highest BCUT2D eigenvalue weighted by atomic mass is 32.1. The molecule has 2 saturated heterocycles. The van der Waals surface area contributed by atoms with E-state index in [0.29, 0.717) is 6.04 Å². The van der Waals surface area contributed by atoms with Crippen LogP contribution in [0, 0.1) is 13.8 Å². The second-order valence-corrected chi connectivity index (χ2v) is 9.45. The molecule has 1 unspecified atom stereocenters. The number of benzene rings is 1. The molecule has 2 N–H and O–H groups in total. The average Bonchev–Trinajstić information content (AvgIpc) is 2.65. The normalized spacial score (nSPS) is 29.3. The van der Waals surface area contributed by atoms with E-state index in [1.807, 2.05) is 0 Å². The zero-order chi connectivity index (χ0) is 18.8. The van der Waals surface area contributed by atoms with E-state index in [1.54, 1.807) is 0 Å². The lowest BCUT2D eigenvalue weighted by Gasteiger charge is -2.53. The Hall–Kier alpha value is -1.13. The fraction of sp³-hybridized carbons (Fsp3) is 0.696. The van der Waals surface area contributed by atoms with Gasteiger partial charge in [0.25, 0.3) is 0 Å². The summed E-state index contributed by atoms with van der Waals surface area (Å²) in [4.78, 5) is 2.95. The number of piperidine rings is 2. The van der Waals surface area contributed by atoms with E-state index in [0.717, 1.165) is 28.9 Å². The Kier molecular flexibility index (Phi) is 6.03. The summed E-state index contributed by atoms with van der Waals surface area (Å²) < 4.78 is 0. The highest BCUT2D eigenvalue weighted by Gasteiger charge is 2.41. The Morgan fingerprint density at radius 2 is 1.56 bits per heavy atom. The summed E-state index contributed by atoms with van der Waals surface area (Å²) in [6.07, 6.45) is 13.8. The van der Waals surface area contributed by atoms with Crippen molar-refractivity contribution in [2.75, 3.05) is 5.32 Å². The van der Waals surface area contributed by atoms with Crippen molar-refractivity contribution in [3.63, 3.8) is 0 Å². The summed E-state index contributed by atoms with van der Waals surface area (Å²) in [5.41, 5.74) is 3.72. The fourth-order valence-corrected chi connectivity index (χ4v) is 5.97. The van der Waals surface area contributed by atoms with E-state index >= 15 is 0 Å². The van der Waals surface area contributed by atoms with Gasteiger partial charge in [-0.05, 0) is 87.8 Å². The van der Waals surface area contributed by atoms with Gasteiger partial charge >= 0.3 is 0 Å². The minimum atomic E-state index is 0.520. The van der Waals surface area contributed by atoms with Gasteiger partial charge in [-0.15, -0.1) is 0 Å². The van der Waals surface area contributed by atoms with Crippen molar-refractivity contribution in [3.05, 3.63) is 29.3 Å². The first kappa shape index (κ1) is 19.2. The largest absolute Gasteiger partial charge is 0.360 e. The lowest BCUT2D eigenvalue weighted by molar-refractivity contribution is -0.0195. The number of aryl methyl sites for hydroxylation is 2. The van der Waals surface area contributed by atoms with E-state index in [9.17, 15) is 0 Å². The standard InChI is InChI=1S/C23H35N3S/c1-16-11-12-18(13-17(16)2)24-23(27)25-19-14-21-9-6-10-22(15-19)26(21)20-7-4-3-5-8-20/h11-13,19-22H,3-10,14-15H2,1-2H3,(H2,24,25,27)/t19?,21-,22+. The van der Waals surface area contributed by atoms with Gasteiger partial charge in [0.1, 0.15) is 0 Å². The molecule has 3 fully saturated rings. The number of nitrogens with one attached hydrogen (secondary N) is 2. The number of nitrogens with zero attached hydrogens (tertiary/aromatic N) is 1. The highest BCUT2D eigenvalue weighted by Crippen LogP contribution is 2.39. The fourth-order valence-electron chi connectivity index (χ4n) is 5.68. The molecule has 1 aromatic carbocycles. The van der Waals surface area contributed by atoms with Crippen LogP contribution < -0.4 is 10.6 Å². The number of anilines is 1. The van der Waals surface area contributed by atoms with E-state index in [-0.39, 0.29) is 0 Å². The predicted octanol–water partition coefficient (Wildman–Crippen LogP) is 5.31. The van der Waals surface area contributed by atoms with Gasteiger partial charge in [-0.25, -0.2) is 0 Å². The molecule has 3 atom stereocenters. The third kappa shape index (κ3) is 4.48. The van der Waals surface area contributed by atoms with Crippen LogP contribution in [0.5, 0.6) is 0 Å². The predicted molar refractivity (Wildman–Crippen MR) is 118 cm³/mol. The van der Waals surface area contributed by atoms with E-state index in [1.165, 1.54) is 75.3 Å². The number of rotatable bonds is 3. The lowest BCUT2D eigenvalue weighted by Crippen LogP contribution is -2.60. The van der Waals surface area contributed by atoms with Crippen LogP contribution in [-0.2, 0) is 0 Å². The quantitative estimate of drug-likeness (QED) is 0.690. The van der Waals surface area contributed by atoms with Gasteiger partial charge in [0.2, 0.25) is 0 Å². The summed E-state index contributed by atoms with van der Waals surface area (Å²) in [7, 11) is 0. The molecule has 148 valence electrons. The molecule has 2 bridgehead atoms. The van der Waals surface area contributed by atoms with Gasteiger partial charge in [0, 0.05) is 29.9 Å². The maximum absolute atomic E-state index is 5.64. The molecular weight excluding hydrogens is 350 g/mol. The summed E-state index contributed by atoms with van der Waals surface area (Å²) >= 11 is 5.64. The molecule has 1 aromatic rings. The van der Waals surface area contributed by atoms with Gasteiger partial charge in [-0.1, -0.05) is 31.7 Å². The highest BCUT2D eigenvalue weighted by molar-refractivity contribution is 7.80. The van der Waals surface area contributed by atoms with Crippen LogP contribution in [0.1, 0.15) is 75.3 Å². The second kappa shape index (κ2) is 8.48. The van der Waals surface area contributed by atoms with Gasteiger partial charge in [0.15, 0.2) is 5.11 Å². The van der Waals surface area contributed by atoms with E-state index in [2.05, 4.69) is 47.6 Å². The van der Waals surface area contributed by atoms with E-state index in [4.69, 9.17) is 12.2 Å². The van der Waals surface area contributed by atoms with Crippen LogP contribution in [0.25, 0.3) is 0 Å². The molecule has 0 aromatic heterocycles. The van der Waals surface area contributed by atoms with Crippen molar-refractivity contribution in [3.8, 4) is 0 Å². The summed E-state index contributed by atoms with van der Waals surface area (Å²) in [5, 5.41) is 7.84.